The Kier molecular flexibility index (Phi) is 3.42. The number of nitrogens with zero attached hydrogens (tertiary/aromatic N) is 1. The molecule has 2 heterocycles. The Bertz CT molecular complexity index is 175. The monoisotopic (exact) mass is 197 g/mol. The van der Waals surface area contributed by atoms with Gasteiger partial charge in [-0.05, 0) is 25.3 Å². The molecule has 2 N–H and O–H groups in total. The molecule has 82 valence electrons. The second-order valence-electron chi connectivity index (χ2n) is 4.91. The van der Waals surface area contributed by atoms with E-state index < -0.39 is 0 Å². The summed E-state index contributed by atoms with van der Waals surface area (Å²) in [5.41, 5.74) is 0. The smallest absolute Gasteiger partial charge is 0.0598 e. The third-order valence-electron chi connectivity index (χ3n) is 3.52. The third kappa shape index (κ3) is 2.27. The summed E-state index contributed by atoms with van der Waals surface area (Å²) in [7, 11) is 0. The largest absolute Gasteiger partial charge is 0.311 e. The van der Waals surface area contributed by atoms with Crippen molar-refractivity contribution in [2.75, 3.05) is 26.2 Å². The van der Waals surface area contributed by atoms with Gasteiger partial charge in [-0.1, -0.05) is 13.8 Å². The maximum Gasteiger partial charge on any atom is 0.0598 e. The Morgan fingerprint density at radius 1 is 1.21 bits per heavy atom. The van der Waals surface area contributed by atoms with Crippen LogP contribution < -0.4 is 10.6 Å². The molecule has 2 aliphatic rings. The first-order valence-corrected chi connectivity index (χ1v) is 5.98. The maximum atomic E-state index is 3.60. The van der Waals surface area contributed by atoms with Crippen molar-refractivity contribution in [3.05, 3.63) is 0 Å². The number of nitrogens with one attached hydrogen (secondary N) is 2. The molecule has 0 spiro atoms. The fourth-order valence-electron chi connectivity index (χ4n) is 2.51. The van der Waals surface area contributed by atoms with Gasteiger partial charge >= 0.3 is 0 Å². The average Bonchev–Trinajstić information content (AvgIpc) is 2.71. The predicted molar refractivity (Wildman–Crippen MR) is 59.2 cm³/mol. The molecule has 3 nitrogen and oxygen atoms in total. The summed E-state index contributed by atoms with van der Waals surface area (Å²) < 4.78 is 0. The number of piperazine rings is 1. The van der Waals surface area contributed by atoms with Crippen LogP contribution in [0.5, 0.6) is 0 Å². The zero-order chi connectivity index (χ0) is 9.97. The molecule has 2 rings (SSSR count). The molecule has 2 saturated heterocycles. The summed E-state index contributed by atoms with van der Waals surface area (Å²) in [5, 5.41) is 7.19. The summed E-state index contributed by atoms with van der Waals surface area (Å²) in [6.45, 7) is 9.41. The van der Waals surface area contributed by atoms with Gasteiger partial charge in [-0.3, -0.25) is 4.90 Å². The predicted octanol–water partition coefficient (Wildman–Crippen LogP) is 0.626. The summed E-state index contributed by atoms with van der Waals surface area (Å²) in [4.78, 5) is 2.62. The van der Waals surface area contributed by atoms with E-state index in [1.807, 2.05) is 0 Å². The highest BCUT2D eigenvalue weighted by molar-refractivity contribution is 4.85. The lowest BCUT2D eigenvalue weighted by Crippen LogP contribution is -2.57. The quantitative estimate of drug-likeness (QED) is 0.680. The topological polar surface area (TPSA) is 27.3 Å². The summed E-state index contributed by atoms with van der Waals surface area (Å²) in [6.07, 6.45) is 3.35. The molecule has 0 bridgehead atoms. The molecule has 14 heavy (non-hydrogen) atoms. The van der Waals surface area contributed by atoms with Gasteiger partial charge in [-0.15, -0.1) is 0 Å². The molecule has 0 aromatic heterocycles. The van der Waals surface area contributed by atoms with Gasteiger partial charge in [0.05, 0.1) is 6.17 Å². The Balaban J connectivity index is 1.86. The minimum Gasteiger partial charge on any atom is -0.311 e. The van der Waals surface area contributed by atoms with Crippen molar-refractivity contribution in [2.24, 2.45) is 5.92 Å². The first-order valence-electron chi connectivity index (χ1n) is 5.98. The van der Waals surface area contributed by atoms with E-state index in [2.05, 4.69) is 29.4 Å². The number of rotatable bonds is 2. The van der Waals surface area contributed by atoms with Crippen LogP contribution >= 0.6 is 0 Å². The van der Waals surface area contributed by atoms with E-state index in [-0.39, 0.29) is 0 Å². The molecule has 2 fully saturated rings. The van der Waals surface area contributed by atoms with Crippen molar-refractivity contribution >= 4 is 0 Å². The van der Waals surface area contributed by atoms with Crippen molar-refractivity contribution in [3.63, 3.8) is 0 Å². The van der Waals surface area contributed by atoms with Crippen LogP contribution in [-0.4, -0.2) is 43.3 Å². The van der Waals surface area contributed by atoms with E-state index in [4.69, 9.17) is 0 Å². The summed E-state index contributed by atoms with van der Waals surface area (Å²) in [6, 6.07) is 0.686. The van der Waals surface area contributed by atoms with Gasteiger partial charge in [0.15, 0.2) is 0 Å². The zero-order valence-corrected chi connectivity index (χ0v) is 9.42. The van der Waals surface area contributed by atoms with Gasteiger partial charge in [-0.2, -0.15) is 0 Å². The van der Waals surface area contributed by atoms with Crippen LogP contribution in [0.4, 0.5) is 0 Å². The van der Waals surface area contributed by atoms with E-state index >= 15 is 0 Å². The molecule has 0 saturated carbocycles. The van der Waals surface area contributed by atoms with Crippen molar-refractivity contribution in [1.82, 2.24) is 15.5 Å². The minimum absolute atomic E-state index is 0.665. The molecule has 0 aromatic rings. The Morgan fingerprint density at radius 3 is 2.71 bits per heavy atom. The summed E-state index contributed by atoms with van der Waals surface area (Å²) in [5.74, 6) is 0.749. The zero-order valence-electron chi connectivity index (χ0n) is 9.42. The second-order valence-corrected chi connectivity index (χ2v) is 4.91. The SMILES string of the molecule is CC(C)C1CN(C2CCCN2)CCN1. The maximum absolute atomic E-state index is 3.60. The number of hydrogen-bond acceptors (Lipinski definition) is 3. The van der Waals surface area contributed by atoms with Gasteiger partial charge in [0.1, 0.15) is 0 Å². The van der Waals surface area contributed by atoms with Gasteiger partial charge in [-0.25, -0.2) is 0 Å². The van der Waals surface area contributed by atoms with Crippen LogP contribution in [0.25, 0.3) is 0 Å². The second kappa shape index (κ2) is 4.60. The van der Waals surface area contributed by atoms with Crippen LogP contribution in [0.2, 0.25) is 0 Å². The van der Waals surface area contributed by atoms with Crippen LogP contribution in [0.1, 0.15) is 26.7 Å². The van der Waals surface area contributed by atoms with E-state index in [9.17, 15) is 0 Å². The highest BCUT2D eigenvalue weighted by atomic mass is 15.3. The van der Waals surface area contributed by atoms with E-state index in [1.165, 1.54) is 32.5 Å². The summed E-state index contributed by atoms with van der Waals surface area (Å²) >= 11 is 0. The lowest BCUT2D eigenvalue weighted by Gasteiger charge is -2.39. The van der Waals surface area contributed by atoms with Gasteiger partial charge < -0.3 is 10.6 Å². The van der Waals surface area contributed by atoms with Crippen LogP contribution in [0, 0.1) is 5.92 Å². The lowest BCUT2D eigenvalue weighted by atomic mass is 10.0. The van der Waals surface area contributed by atoms with Gasteiger partial charge in [0, 0.05) is 25.7 Å². The van der Waals surface area contributed by atoms with Gasteiger partial charge in [0.25, 0.3) is 0 Å². The van der Waals surface area contributed by atoms with Crippen molar-refractivity contribution < 1.29 is 0 Å². The average molecular weight is 197 g/mol. The highest BCUT2D eigenvalue weighted by Gasteiger charge is 2.28. The molecule has 2 unspecified atom stereocenters. The molecule has 2 aliphatic heterocycles. The molecule has 0 radical (unpaired) electrons. The number of hydrogen-bond donors (Lipinski definition) is 2. The normalized spacial score (nSPS) is 35.4. The third-order valence-corrected chi connectivity index (χ3v) is 3.52. The molecule has 0 aliphatic carbocycles. The van der Waals surface area contributed by atoms with Crippen LogP contribution in [0.3, 0.4) is 0 Å². The van der Waals surface area contributed by atoms with Crippen molar-refractivity contribution in [1.29, 1.82) is 0 Å². The van der Waals surface area contributed by atoms with Crippen molar-refractivity contribution in [2.45, 2.75) is 38.9 Å². The Morgan fingerprint density at radius 2 is 2.07 bits per heavy atom. The molecule has 0 aromatic carbocycles. The lowest BCUT2D eigenvalue weighted by molar-refractivity contribution is 0.117. The Labute approximate surface area is 87.2 Å². The van der Waals surface area contributed by atoms with E-state index in [0.717, 1.165) is 12.5 Å². The first-order chi connectivity index (χ1) is 6.77. The molecule has 0 amide bonds. The highest BCUT2D eigenvalue weighted by Crippen LogP contribution is 2.15. The van der Waals surface area contributed by atoms with Crippen molar-refractivity contribution in [3.8, 4) is 0 Å². The van der Waals surface area contributed by atoms with Crippen LogP contribution in [-0.2, 0) is 0 Å². The van der Waals surface area contributed by atoms with E-state index in [1.54, 1.807) is 0 Å². The fourth-order valence-corrected chi connectivity index (χ4v) is 2.51. The molecule has 3 heteroatoms. The molecule has 2 atom stereocenters. The van der Waals surface area contributed by atoms with E-state index in [0.29, 0.717) is 12.2 Å². The van der Waals surface area contributed by atoms with Gasteiger partial charge in [0.2, 0.25) is 0 Å². The molecular formula is C11H23N3. The first kappa shape index (κ1) is 10.4. The Hall–Kier alpha value is -0.120. The molecular weight excluding hydrogens is 174 g/mol. The standard InChI is InChI=1S/C11H23N3/c1-9(2)10-8-14(7-6-12-10)11-4-3-5-13-11/h9-13H,3-8H2,1-2H3. The van der Waals surface area contributed by atoms with Crippen LogP contribution in [0.15, 0.2) is 0 Å². The minimum atomic E-state index is 0.665. The fraction of sp³-hybridized carbons (Fsp3) is 1.00.